The normalized spacial score (nSPS) is 15.9. The Morgan fingerprint density at radius 1 is 1.21 bits per heavy atom. The van der Waals surface area contributed by atoms with Crippen LogP contribution in [-0.2, 0) is 4.74 Å². The van der Waals surface area contributed by atoms with E-state index in [0.29, 0.717) is 40.4 Å². The van der Waals surface area contributed by atoms with Crippen molar-refractivity contribution >= 4 is 16.9 Å². The van der Waals surface area contributed by atoms with Crippen LogP contribution in [0.25, 0.3) is 33.5 Å². The molecule has 34 heavy (non-hydrogen) atoms. The minimum absolute atomic E-state index is 0.0777. The quantitative estimate of drug-likeness (QED) is 0.397. The number of carbonyl (C=O) groups excluding carboxylic acids is 1. The number of nitrogens with one attached hydrogen (secondary N) is 2. The molecule has 8 heteroatoms. The Bertz CT molecular complexity index is 1330. The molecule has 0 spiro atoms. The van der Waals surface area contributed by atoms with Crippen molar-refractivity contribution in [2.75, 3.05) is 20.3 Å². The van der Waals surface area contributed by atoms with E-state index in [1.807, 2.05) is 18.2 Å². The van der Waals surface area contributed by atoms with Crippen LogP contribution in [0.4, 0.5) is 0 Å². The Morgan fingerprint density at radius 3 is 2.94 bits per heavy atom. The van der Waals surface area contributed by atoms with Crippen LogP contribution in [0.15, 0.2) is 54.7 Å². The van der Waals surface area contributed by atoms with E-state index < -0.39 is 0 Å². The number of aromatic hydroxyl groups is 1. The summed E-state index contributed by atoms with van der Waals surface area (Å²) in [5, 5.41) is 13.5. The number of H-pyrrole nitrogens is 1. The van der Waals surface area contributed by atoms with E-state index in [1.165, 1.54) is 0 Å². The molecule has 0 aliphatic carbocycles. The first-order chi connectivity index (χ1) is 16.6. The third-order valence-electron chi connectivity index (χ3n) is 6.04. The van der Waals surface area contributed by atoms with Gasteiger partial charge in [-0.25, -0.2) is 9.97 Å². The van der Waals surface area contributed by atoms with E-state index >= 15 is 0 Å². The molecule has 0 bridgehead atoms. The predicted molar refractivity (Wildman–Crippen MR) is 129 cm³/mol. The van der Waals surface area contributed by atoms with Crippen LogP contribution in [0, 0.1) is 0 Å². The summed E-state index contributed by atoms with van der Waals surface area (Å²) in [6, 6.07) is 14.3. The van der Waals surface area contributed by atoms with Crippen molar-refractivity contribution in [3.63, 3.8) is 0 Å². The Kier molecular flexibility index (Phi) is 6.14. The van der Waals surface area contributed by atoms with Crippen molar-refractivity contribution in [1.29, 1.82) is 0 Å². The monoisotopic (exact) mass is 458 g/mol. The first kappa shape index (κ1) is 21.9. The summed E-state index contributed by atoms with van der Waals surface area (Å²) >= 11 is 0. The maximum Gasteiger partial charge on any atom is 0.251 e. The van der Waals surface area contributed by atoms with Gasteiger partial charge < -0.3 is 24.9 Å². The molecule has 1 aliphatic rings. The van der Waals surface area contributed by atoms with Crippen LogP contribution in [0.5, 0.6) is 11.6 Å². The maximum absolute atomic E-state index is 12.7. The minimum atomic E-state index is -0.152. The third-order valence-corrected chi connectivity index (χ3v) is 6.04. The van der Waals surface area contributed by atoms with Crippen LogP contribution in [0.2, 0.25) is 0 Å². The van der Waals surface area contributed by atoms with Gasteiger partial charge >= 0.3 is 0 Å². The zero-order valence-electron chi connectivity index (χ0n) is 18.9. The fourth-order valence-electron chi connectivity index (χ4n) is 4.22. The largest absolute Gasteiger partial charge is 0.507 e. The number of aromatic nitrogens is 3. The van der Waals surface area contributed by atoms with Crippen LogP contribution < -0.4 is 10.1 Å². The zero-order valence-corrected chi connectivity index (χ0v) is 18.9. The summed E-state index contributed by atoms with van der Waals surface area (Å²) in [5.41, 5.74) is 4.13. The second kappa shape index (κ2) is 9.52. The predicted octanol–water partition coefficient (Wildman–Crippen LogP) is 4.31. The molecule has 3 heterocycles. The number of carbonyl (C=O) groups is 1. The molecule has 0 saturated carbocycles. The van der Waals surface area contributed by atoms with Gasteiger partial charge in [-0.15, -0.1) is 0 Å². The number of nitrogens with zero attached hydrogens (tertiary/aromatic N) is 2. The maximum atomic E-state index is 12.7. The number of phenols is 1. The molecular formula is C26H26N4O4. The lowest BCUT2D eigenvalue weighted by atomic mass is 10.0. The second-order valence-corrected chi connectivity index (χ2v) is 8.31. The van der Waals surface area contributed by atoms with Crippen LogP contribution >= 0.6 is 0 Å². The number of imidazole rings is 1. The Morgan fingerprint density at radius 2 is 2.12 bits per heavy atom. The highest BCUT2D eigenvalue weighted by atomic mass is 16.5. The topological polar surface area (TPSA) is 109 Å². The highest BCUT2D eigenvalue weighted by molar-refractivity contribution is 5.97. The molecule has 1 amide bonds. The lowest BCUT2D eigenvalue weighted by molar-refractivity contribution is 0.0169. The van der Waals surface area contributed by atoms with Gasteiger partial charge in [0.05, 0.1) is 29.8 Å². The lowest BCUT2D eigenvalue weighted by Gasteiger charge is -2.22. The molecule has 3 N–H and O–H groups in total. The first-order valence-electron chi connectivity index (χ1n) is 11.3. The highest BCUT2D eigenvalue weighted by Gasteiger charge is 2.17. The van der Waals surface area contributed by atoms with Crippen LogP contribution in [-0.4, -0.2) is 52.3 Å². The van der Waals surface area contributed by atoms with E-state index in [4.69, 9.17) is 9.47 Å². The molecule has 1 unspecified atom stereocenters. The molecule has 1 atom stereocenters. The molecule has 5 rings (SSSR count). The molecular weight excluding hydrogens is 432 g/mol. The standard InChI is InChI=1S/C26H26N4O4/c1-33-26-19(6-4-11-27-26)16-8-10-23(31)20(13-16)24-29-21-9-7-17(14-22(21)30-24)25(32)28-15-18-5-2-3-12-34-18/h4,6-11,13-14,18,31H,2-3,5,12,15H2,1H3,(H,28,32)(H,29,30). The van der Waals surface area contributed by atoms with Gasteiger partial charge in [0.25, 0.3) is 5.91 Å². The third kappa shape index (κ3) is 4.45. The summed E-state index contributed by atoms with van der Waals surface area (Å²) in [6.07, 6.45) is 4.92. The van der Waals surface area contributed by atoms with Crippen LogP contribution in [0.3, 0.4) is 0 Å². The Hall–Kier alpha value is -3.91. The summed E-state index contributed by atoms with van der Waals surface area (Å²) in [6.45, 7) is 1.26. The van der Waals surface area contributed by atoms with Crippen molar-refractivity contribution in [2.45, 2.75) is 25.4 Å². The minimum Gasteiger partial charge on any atom is -0.507 e. The average molecular weight is 459 g/mol. The van der Waals surface area contributed by atoms with Crippen molar-refractivity contribution in [3.8, 4) is 34.1 Å². The number of hydrogen-bond acceptors (Lipinski definition) is 6. The number of aromatic amines is 1. The number of pyridine rings is 1. The van der Waals surface area contributed by atoms with Crippen LogP contribution in [0.1, 0.15) is 29.6 Å². The van der Waals surface area contributed by atoms with E-state index in [1.54, 1.807) is 43.6 Å². The van der Waals surface area contributed by atoms with E-state index in [9.17, 15) is 9.90 Å². The van der Waals surface area contributed by atoms with Gasteiger partial charge in [0.2, 0.25) is 5.88 Å². The van der Waals surface area contributed by atoms with Crippen molar-refractivity contribution in [3.05, 3.63) is 60.3 Å². The van der Waals surface area contributed by atoms with Gasteiger partial charge in [-0.3, -0.25) is 4.79 Å². The molecule has 1 aliphatic heterocycles. The number of ether oxygens (including phenoxy) is 2. The highest BCUT2D eigenvalue weighted by Crippen LogP contribution is 2.35. The molecule has 2 aromatic carbocycles. The first-order valence-corrected chi connectivity index (χ1v) is 11.3. The smallest absolute Gasteiger partial charge is 0.251 e. The second-order valence-electron chi connectivity index (χ2n) is 8.31. The SMILES string of the molecule is COc1ncccc1-c1ccc(O)c(-c2nc3ccc(C(=O)NCC4CCCCO4)cc3[nH]2)c1. The number of methoxy groups -OCH3 is 1. The Balaban J connectivity index is 1.41. The summed E-state index contributed by atoms with van der Waals surface area (Å²) in [7, 11) is 1.57. The molecule has 8 nitrogen and oxygen atoms in total. The lowest BCUT2D eigenvalue weighted by Crippen LogP contribution is -2.35. The number of amides is 1. The van der Waals surface area contributed by atoms with Crippen molar-refractivity contribution < 1.29 is 19.4 Å². The Labute approximate surface area is 197 Å². The van der Waals surface area contributed by atoms with Gasteiger partial charge in [-0.2, -0.15) is 0 Å². The number of fused-ring (bicyclic) bond motifs is 1. The number of rotatable bonds is 6. The van der Waals surface area contributed by atoms with Gasteiger partial charge in [0.15, 0.2) is 0 Å². The van der Waals surface area contributed by atoms with E-state index in [0.717, 1.165) is 37.0 Å². The molecule has 1 saturated heterocycles. The van der Waals surface area contributed by atoms with E-state index in [-0.39, 0.29) is 17.8 Å². The number of phenolic OH excluding ortho intramolecular Hbond substituents is 1. The average Bonchev–Trinajstić information content (AvgIpc) is 3.31. The molecule has 4 aromatic rings. The van der Waals surface area contributed by atoms with Crippen molar-refractivity contribution in [1.82, 2.24) is 20.3 Å². The van der Waals surface area contributed by atoms with Gasteiger partial charge in [-0.05, 0) is 67.3 Å². The van der Waals surface area contributed by atoms with Crippen molar-refractivity contribution in [2.24, 2.45) is 0 Å². The van der Waals surface area contributed by atoms with Gasteiger partial charge in [0, 0.05) is 30.5 Å². The number of benzene rings is 2. The zero-order chi connectivity index (χ0) is 23.5. The molecule has 1 fully saturated rings. The number of hydrogen-bond donors (Lipinski definition) is 3. The fraction of sp³-hybridized carbons (Fsp3) is 0.269. The summed E-state index contributed by atoms with van der Waals surface area (Å²) in [5.74, 6) is 0.945. The molecule has 2 aromatic heterocycles. The molecule has 0 radical (unpaired) electrons. The summed E-state index contributed by atoms with van der Waals surface area (Å²) < 4.78 is 11.1. The fourth-order valence-corrected chi connectivity index (χ4v) is 4.22. The van der Waals surface area contributed by atoms with Gasteiger partial charge in [-0.1, -0.05) is 6.07 Å². The summed E-state index contributed by atoms with van der Waals surface area (Å²) in [4.78, 5) is 24.8. The van der Waals surface area contributed by atoms with Gasteiger partial charge in [0.1, 0.15) is 11.6 Å². The van der Waals surface area contributed by atoms with E-state index in [2.05, 4.69) is 20.3 Å². The molecule has 174 valence electrons.